The Kier molecular flexibility index (Phi) is 7.86. The normalized spacial score (nSPS) is 14.5. The zero-order chi connectivity index (χ0) is 15.0. The number of ether oxygens (including phenoxy) is 1. The van der Waals surface area contributed by atoms with E-state index in [-0.39, 0.29) is 0 Å². The van der Waals surface area contributed by atoms with Gasteiger partial charge < -0.3 is 10.1 Å². The highest BCUT2D eigenvalue weighted by Crippen LogP contribution is 2.28. The molecule has 2 nitrogen and oxygen atoms in total. The number of nitrogens with one attached hydrogen (secondary N) is 1. The quantitative estimate of drug-likeness (QED) is 0.730. The van der Waals surface area contributed by atoms with Crippen molar-refractivity contribution in [3.63, 3.8) is 0 Å². The minimum atomic E-state index is 0.450. The van der Waals surface area contributed by atoms with E-state index < -0.39 is 0 Å². The lowest BCUT2D eigenvalue weighted by molar-refractivity contribution is 0.202. The summed E-state index contributed by atoms with van der Waals surface area (Å²) in [6, 6.07) is 9.48. The van der Waals surface area contributed by atoms with E-state index in [2.05, 4.69) is 57.3 Å². The molecule has 2 atom stereocenters. The summed E-state index contributed by atoms with van der Waals surface area (Å²) in [7, 11) is 1.75. The largest absolute Gasteiger partial charge is 0.384 e. The number of hydrogen-bond donors (Lipinski definition) is 1. The van der Waals surface area contributed by atoms with Gasteiger partial charge in [0, 0.05) is 13.2 Å². The third-order valence-corrected chi connectivity index (χ3v) is 4.13. The molecule has 0 aliphatic heterocycles. The molecule has 0 saturated carbocycles. The van der Waals surface area contributed by atoms with Crippen molar-refractivity contribution < 1.29 is 4.74 Å². The second kappa shape index (κ2) is 9.15. The van der Waals surface area contributed by atoms with Gasteiger partial charge in [-0.15, -0.1) is 0 Å². The van der Waals surface area contributed by atoms with E-state index >= 15 is 0 Å². The highest BCUT2D eigenvalue weighted by molar-refractivity contribution is 5.25. The van der Waals surface area contributed by atoms with Gasteiger partial charge in [0.2, 0.25) is 0 Å². The summed E-state index contributed by atoms with van der Waals surface area (Å²) in [5.74, 6) is 1.31. The summed E-state index contributed by atoms with van der Waals surface area (Å²) in [5.41, 5.74) is 2.75. The maximum atomic E-state index is 5.13. The van der Waals surface area contributed by atoms with Crippen LogP contribution < -0.4 is 5.32 Å². The molecule has 0 aromatic heterocycles. The van der Waals surface area contributed by atoms with Crippen LogP contribution in [0.5, 0.6) is 0 Å². The Bertz CT molecular complexity index is 358. The van der Waals surface area contributed by atoms with Gasteiger partial charge in [0.1, 0.15) is 0 Å². The van der Waals surface area contributed by atoms with Gasteiger partial charge in [-0.05, 0) is 42.3 Å². The summed E-state index contributed by atoms with van der Waals surface area (Å²) in [4.78, 5) is 0. The molecule has 2 unspecified atom stereocenters. The van der Waals surface area contributed by atoms with Crippen LogP contribution in [0.25, 0.3) is 0 Å². The van der Waals surface area contributed by atoms with Crippen molar-refractivity contribution in [3.8, 4) is 0 Å². The average Bonchev–Trinajstić information content (AvgIpc) is 2.46. The second-order valence-corrected chi connectivity index (χ2v) is 6.02. The monoisotopic (exact) mass is 277 g/mol. The molecule has 114 valence electrons. The lowest BCUT2D eigenvalue weighted by Gasteiger charge is -2.28. The first-order valence-corrected chi connectivity index (χ1v) is 7.91. The molecule has 0 radical (unpaired) electrons. The molecule has 0 amide bonds. The van der Waals surface area contributed by atoms with Crippen LogP contribution in [0.4, 0.5) is 0 Å². The van der Waals surface area contributed by atoms with Crippen LogP contribution in [0, 0.1) is 11.8 Å². The lowest BCUT2D eigenvalue weighted by Crippen LogP contribution is -2.30. The first-order valence-electron chi connectivity index (χ1n) is 7.91. The summed E-state index contributed by atoms with van der Waals surface area (Å²) in [5, 5.41) is 3.70. The SMILES string of the molecule is CCCNC(c1ccc(CCOC)cc1)C(C)C(C)C. The Labute approximate surface area is 124 Å². The molecule has 1 N–H and O–H groups in total. The van der Waals surface area contributed by atoms with E-state index in [0.29, 0.717) is 17.9 Å². The first kappa shape index (κ1) is 17.2. The molecule has 0 aliphatic rings. The molecule has 0 heterocycles. The van der Waals surface area contributed by atoms with Gasteiger partial charge in [-0.1, -0.05) is 52.0 Å². The number of methoxy groups -OCH3 is 1. The van der Waals surface area contributed by atoms with Crippen LogP contribution in [0.3, 0.4) is 0 Å². The summed E-state index contributed by atoms with van der Waals surface area (Å²) >= 11 is 0. The van der Waals surface area contributed by atoms with Gasteiger partial charge in [-0.25, -0.2) is 0 Å². The van der Waals surface area contributed by atoms with Crippen LogP contribution in [0.1, 0.15) is 51.3 Å². The van der Waals surface area contributed by atoms with Gasteiger partial charge in [0.25, 0.3) is 0 Å². The van der Waals surface area contributed by atoms with Crippen molar-refractivity contribution in [2.75, 3.05) is 20.3 Å². The molecule has 2 heteroatoms. The summed E-state index contributed by atoms with van der Waals surface area (Å²) in [6.07, 6.45) is 2.16. The van der Waals surface area contributed by atoms with Crippen LogP contribution in [-0.4, -0.2) is 20.3 Å². The van der Waals surface area contributed by atoms with Crippen molar-refractivity contribution >= 4 is 0 Å². The Hall–Kier alpha value is -0.860. The summed E-state index contributed by atoms with van der Waals surface area (Å²) < 4.78 is 5.13. The molecule has 0 fully saturated rings. The molecule has 1 aromatic carbocycles. The van der Waals surface area contributed by atoms with Crippen LogP contribution in [0.2, 0.25) is 0 Å². The average molecular weight is 277 g/mol. The van der Waals surface area contributed by atoms with E-state index in [0.717, 1.165) is 19.6 Å². The summed E-state index contributed by atoms with van der Waals surface area (Å²) in [6.45, 7) is 11.0. The molecule has 1 aromatic rings. The van der Waals surface area contributed by atoms with E-state index in [1.165, 1.54) is 17.5 Å². The van der Waals surface area contributed by atoms with Crippen molar-refractivity contribution in [2.24, 2.45) is 11.8 Å². The Morgan fingerprint density at radius 2 is 1.75 bits per heavy atom. The van der Waals surface area contributed by atoms with Crippen LogP contribution >= 0.6 is 0 Å². The topological polar surface area (TPSA) is 21.3 Å². The highest BCUT2D eigenvalue weighted by Gasteiger charge is 2.21. The molecule has 20 heavy (non-hydrogen) atoms. The van der Waals surface area contributed by atoms with Crippen LogP contribution in [0.15, 0.2) is 24.3 Å². The highest BCUT2D eigenvalue weighted by atomic mass is 16.5. The fraction of sp³-hybridized carbons (Fsp3) is 0.667. The maximum Gasteiger partial charge on any atom is 0.0502 e. The predicted molar refractivity (Wildman–Crippen MR) is 87.1 cm³/mol. The van der Waals surface area contributed by atoms with Crippen molar-refractivity contribution in [1.29, 1.82) is 0 Å². The molecule has 0 aliphatic carbocycles. The van der Waals surface area contributed by atoms with E-state index in [1.807, 2.05) is 0 Å². The van der Waals surface area contributed by atoms with Gasteiger partial charge in [-0.3, -0.25) is 0 Å². The smallest absolute Gasteiger partial charge is 0.0502 e. The number of rotatable bonds is 9. The van der Waals surface area contributed by atoms with E-state index in [4.69, 9.17) is 4.74 Å². The van der Waals surface area contributed by atoms with Gasteiger partial charge in [0.05, 0.1) is 6.61 Å². The van der Waals surface area contributed by atoms with Gasteiger partial charge >= 0.3 is 0 Å². The third kappa shape index (κ3) is 5.26. The van der Waals surface area contributed by atoms with E-state index in [9.17, 15) is 0 Å². The Morgan fingerprint density at radius 3 is 2.25 bits per heavy atom. The minimum Gasteiger partial charge on any atom is -0.384 e. The predicted octanol–water partition coefficient (Wildman–Crippen LogP) is 4.21. The first-order chi connectivity index (χ1) is 9.60. The molecule has 1 rings (SSSR count). The van der Waals surface area contributed by atoms with Crippen molar-refractivity contribution in [1.82, 2.24) is 5.32 Å². The fourth-order valence-corrected chi connectivity index (χ4v) is 2.40. The van der Waals surface area contributed by atoms with Crippen LogP contribution in [-0.2, 0) is 11.2 Å². The standard InChI is InChI=1S/C18H31NO/c1-6-12-19-18(15(4)14(2)3)17-9-7-16(8-10-17)11-13-20-5/h7-10,14-15,18-19H,6,11-13H2,1-5H3. The maximum absolute atomic E-state index is 5.13. The van der Waals surface area contributed by atoms with Gasteiger partial charge in [-0.2, -0.15) is 0 Å². The Morgan fingerprint density at radius 1 is 1.10 bits per heavy atom. The molecular formula is C18H31NO. The molecule has 0 spiro atoms. The third-order valence-electron chi connectivity index (χ3n) is 4.13. The number of hydrogen-bond acceptors (Lipinski definition) is 2. The minimum absolute atomic E-state index is 0.450. The molecular weight excluding hydrogens is 246 g/mol. The molecule has 0 bridgehead atoms. The zero-order valence-corrected chi connectivity index (χ0v) is 13.8. The van der Waals surface area contributed by atoms with Crippen molar-refractivity contribution in [3.05, 3.63) is 35.4 Å². The molecule has 0 saturated heterocycles. The van der Waals surface area contributed by atoms with E-state index in [1.54, 1.807) is 7.11 Å². The zero-order valence-electron chi connectivity index (χ0n) is 13.8. The lowest BCUT2D eigenvalue weighted by atomic mass is 9.85. The van der Waals surface area contributed by atoms with Gasteiger partial charge in [0.15, 0.2) is 0 Å². The Balaban J connectivity index is 2.79. The van der Waals surface area contributed by atoms with Crippen molar-refractivity contribution in [2.45, 2.75) is 46.6 Å². The fourth-order valence-electron chi connectivity index (χ4n) is 2.40. The second-order valence-electron chi connectivity index (χ2n) is 6.02. The number of benzene rings is 1.